The van der Waals surface area contributed by atoms with Gasteiger partial charge in [-0.15, -0.1) is 0 Å². The summed E-state index contributed by atoms with van der Waals surface area (Å²) in [5, 5.41) is 8.23. The molecule has 0 aliphatic heterocycles. The van der Waals surface area contributed by atoms with Gasteiger partial charge in [0.2, 0.25) is 0 Å². The van der Waals surface area contributed by atoms with Crippen molar-refractivity contribution in [2.45, 2.75) is 0 Å². The summed E-state index contributed by atoms with van der Waals surface area (Å²) in [4.78, 5) is 10.00. The Bertz CT molecular complexity index is 97.6. The van der Waals surface area contributed by atoms with E-state index in [1.807, 2.05) is 21.1 Å². The molecule has 0 bridgehead atoms. The minimum Gasteiger partial charge on any atom is -0.477 e. The van der Waals surface area contributed by atoms with Crippen LogP contribution in [0.4, 0.5) is 0 Å². The van der Waals surface area contributed by atoms with E-state index in [4.69, 9.17) is 5.11 Å². The zero-order valence-corrected chi connectivity index (χ0v) is 8.51. The molecule has 0 aliphatic carbocycles. The minimum absolute atomic E-state index is 0. The van der Waals surface area contributed by atoms with Crippen molar-refractivity contribution in [1.82, 2.24) is 0 Å². The number of quaternary nitrogens is 1. The molecule has 0 saturated heterocycles. The standard InChI is InChI=1S/C5H11NO2.Na/c1-6(2,3)4-5(7)8;/h4H2,1-3H3;/q;+1/p+1. The molecule has 0 amide bonds. The van der Waals surface area contributed by atoms with Gasteiger partial charge in [-0.25, -0.2) is 4.79 Å². The molecule has 0 aliphatic rings. The first kappa shape index (κ1) is 12.1. The quantitative estimate of drug-likeness (QED) is 0.324. The molecule has 0 saturated carbocycles. The Kier molecular flexibility index (Phi) is 5.77. The first-order valence-corrected chi connectivity index (χ1v) is 2.44. The van der Waals surface area contributed by atoms with Crippen LogP contribution in [0.3, 0.4) is 0 Å². The fourth-order valence-electron chi connectivity index (χ4n) is 0.406. The molecule has 9 heavy (non-hydrogen) atoms. The number of aliphatic carboxylic acids is 1. The maximum atomic E-state index is 10.00. The molecule has 0 rings (SSSR count). The number of carboxylic acids is 1. The summed E-state index contributed by atoms with van der Waals surface area (Å²) in [5.41, 5.74) is 0. The minimum atomic E-state index is -0.752. The van der Waals surface area contributed by atoms with Gasteiger partial charge >= 0.3 is 35.5 Å². The SMILES string of the molecule is C[N+](C)(C)CC(=O)O.[Na+]. The first-order valence-electron chi connectivity index (χ1n) is 2.44. The van der Waals surface area contributed by atoms with E-state index < -0.39 is 5.97 Å². The average Bonchev–Trinajstić information content (AvgIpc) is 1.21. The van der Waals surface area contributed by atoms with Crippen molar-refractivity contribution in [3.8, 4) is 0 Å². The van der Waals surface area contributed by atoms with Crippen molar-refractivity contribution in [2.24, 2.45) is 0 Å². The molecule has 0 aromatic rings. The zero-order chi connectivity index (χ0) is 6.78. The molecule has 48 valence electrons. The fourth-order valence-corrected chi connectivity index (χ4v) is 0.406. The molecule has 0 unspecified atom stereocenters. The molecule has 0 heterocycles. The maximum absolute atomic E-state index is 10.00. The number of hydrogen-bond donors (Lipinski definition) is 1. The summed E-state index contributed by atoms with van der Waals surface area (Å²) >= 11 is 0. The van der Waals surface area contributed by atoms with Crippen molar-refractivity contribution in [3.05, 3.63) is 0 Å². The van der Waals surface area contributed by atoms with Gasteiger partial charge in [-0.3, -0.25) is 0 Å². The van der Waals surface area contributed by atoms with Crippen LogP contribution < -0.4 is 29.6 Å². The Hall–Kier alpha value is 0.430. The summed E-state index contributed by atoms with van der Waals surface area (Å²) in [6.45, 7) is 0.181. The van der Waals surface area contributed by atoms with Crippen LogP contribution >= 0.6 is 0 Å². The number of nitrogens with zero attached hydrogens (tertiary/aromatic N) is 1. The third-order valence-corrected chi connectivity index (χ3v) is 0.610. The molecule has 1 N–H and O–H groups in total. The van der Waals surface area contributed by atoms with Crippen LogP contribution in [0, 0.1) is 0 Å². The van der Waals surface area contributed by atoms with Crippen LogP contribution in [0.15, 0.2) is 0 Å². The predicted octanol–water partition coefficient (Wildman–Crippen LogP) is -3.22. The molecule has 0 aromatic carbocycles. The summed E-state index contributed by atoms with van der Waals surface area (Å²) in [7, 11) is 5.52. The second-order valence-corrected chi connectivity index (χ2v) is 2.84. The molecule has 0 aromatic heterocycles. The van der Waals surface area contributed by atoms with E-state index in [2.05, 4.69) is 0 Å². The van der Waals surface area contributed by atoms with Gasteiger partial charge < -0.3 is 9.59 Å². The summed E-state index contributed by atoms with van der Waals surface area (Å²) in [6.07, 6.45) is 0. The third kappa shape index (κ3) is 11.8. The van der Waals surface area contributed by atoms with Gasteiger partial charge in [0.25, 0.3) is 0 Å². The molecule has 0 radical (unpaired) electrons. The number of hydrogen-bond acceptors (Lipinski definition) is 1. The van der Waals surface area contributed by atoms with Crippen LogP contribution in [0.25, 0.3) is 0 Å². The monoisotopic (exact) mass is 141 g/mol. The van der Waals surface area contributed by atoms with E-state index in [0.717, 1.165) is 0 Å². The van der Waals surface area contributed by atoms with E-state index in [-0.39, 0.29) is 36.1 Å². The molecule has 0 spiro atoms. The van der Waals surface area contributed by atoms with Gasteiger partial charge in [0.15, 0.2) is 6.54 Å². The van der Waals surface area contributed by atoms with E-state index in [1.54, 1.807) is 0 Å². The van der Waals surface area contributed by atoms with Crippen LogP contribution in [0.1, 0.15) is 0 Å². The summed E-state index contributed by atoms with van der Waals surface area (Å²) < 4.78 is 0.481. The van der Waals surface area contributed by atoms with E-state index in [9.17, 15) is 4.79 Å². The van der Waals surface area contributed by atoms with E-state index in [0.29, 0.717) is 4.48 Å². The largest absolute Gasteiger partial charge is 1.00 e. The molecule has 4 heteroatoms. The van der Waals surface area contributed by atoms with Crippen molar-refractivity contribution in [2.75, 3.05) is 27.7 Å². The van der Waals surface area contributed by atoms with Gasteiger partial charge in [-0.2, -0.15) is 0 Å². The first-order chi connectivity index (χ1) is 3.42. The van der Waals surface area contributed by atoms with Crippen molar-refractivity contribution < 1.29 is 43.9 Å². The fraction of sp³-hybridized carbons (Fsp3) is 0.800. The van der Waals surface area contributed by atoms with Crippen LogP contribution in [-0.4, -0.2) is 43.2 Å². The number of likely N-dealkylation sites (N-methyl/N-ethyl adjacent to an activating group) is 1. The normalized spacial score (nSPS) is 10.1. The maximum Gasteiger partial charge on any atom is 1.00 e. The smallest absolute Gasteiger partial charge is 0.477 e. The molecule has 0 atom stereocenters. The van der Waals surface area contributed by atoms with Gasteiger partial charge in [-0.05, 0) is 0 Å². The van der Waals surface area contributed by atoms with Crippen molar-refractivity contribution >= 4 is 5.97 Å². The Morgan fingerprint density at radius 1 is 1.44 bits per heavy atom. The van der Waals surface area contributed by atoms with E-state index in [1.165, 1.54) is 0 Å². The molecular formula is C5H12NNaO2+2. The summed E-state index contributed by atoms with van der Waals surface area (Å²) in [6, 6.07) is 0. The van der Waals surface area contributed by atoms with Crippen LogP contribution in [-0.2, 0) is 4.79 Å². The van der Waals surface area contributed by atoms with Gasteiger partial charge in [-0.1, -0.05) is 0 Å². The van der Waals surface area contributed by atoms with E-state index >= 15 is 0 Å². The Morgan fingerprint density at radius 3 is 1.78 bits per heavy atom. The second kappa shape index (κ2) is 4.28. The Morgan fingerprint density at radius 2 is 1.78 bits per heavy atom. The van der Waals surface area contributed by atoms with Gasteiger partial charge in [0, 0.05) is 0 Å². The predicted molar refractivity (Wildman–Crippen MR) is 30.5 cm³/mol. The third-order valence-electron chi connectivity index (χ3n) is 0.610. The number of rotatable bonds is 2. The topological polar surface area (TPSA) is 37.3 Å². The van der Waals surface area contributed by atoms with Crippen molar-refractivity contribution in [3.63, 3.8) is 0 Å². The van der Waals surface area contributed by atoms with Gasteiger partial charge in [0.1, 0.15) is 0 Å². The molecule has 3 nitrogen and oxygen atoms in total. The Balaban J connectivity index is 0. The van der Waals surface area contributed by atoms with Gasteiger partial charge in [0.05, 0.1) is 21.1 Å². The Labute approximate surface area is 77.5 Å². The number of carboxylic acid groups (broad SMARTS) is 1. The van der Waals surface area contributed by atoms with Crippen molar-refractivity contribution in [1.29, 1.82) is 0 Å². The van der Waals surface area contributed by atoms with Crippen LogP contribution in [0.2, 0.25) is 0 Å². The molecule has 0 fully saturated rings. The second-order valence-electron chi connectivity index (χ2n) is 2.84. The number of carbonyl (C=O) groups is 1. The molecular weight excluding hydrogens is 129 g/mol. The van der Waals surface area contributed by atoms with Crippen LogP contribution in [0.5, 0.6) is 0 Å². The summed E-state index contributed by atoms with van der Waals surface area (Å²) in [5.74, 6) is -0.752. The zero-order valence-electron chi connectivity index (χ0n) is 6.51. The average molecular weight is 141 g/mol.